The van der Waals surface area contributed by atoms with Crippen LogP contribution in [0.4, 0.5) is 0 Å². The summed E-state index contributed by atoms with van der Waals surface area (Å²) in [5, 5.41) is 87.5. The van der Waals surface area contributed by atoms with Gasteiger partial charge in [0.25, 0.3) is 0 Å². The maximum atomic E-state index is 13.3. The quantitative estimate of drug-likeness (QED) is 0.0204. The summed E-state index contributed by atoms with van der Waals surface area (Å²) in [4.78, 5) is 13.3. The van der Waals surface area contributed by atoms with Crippen LogP contribution in [0.1, 0.15) is 277 Å². The van der Waals surface area contributed by atoms with Crippen molar-refractivity contribution in [2.45, 2.75) is 351 Å². The van der Waals surface area contributed by atoms with Crippen LogP contribution in [-0.2, 0) is 23.7 Å². The molecule has 14 heteroatoms. The molecule has 9 N–H and O–H groups in total. The van der Waals surface area contributed by atoms with Crippen molar-refractivity contribution < 1.29 is 64.6 Å². The fourth-order valence-corrected chi connectivity index (χ4v) is 11.2. The molecule has 2 aliphatic rings. The highest BCUT2D eigenvalue weighted by molar-refractivity contribution is 5.76. The number of amides is 1. The third-order valence-corrected chi connectivity index (χ3v) is 16.8. The van der Waals surface area contributed by atoms with Crippen LogP contribution < -0.4 is 5.32 Å². The van der Waals surface area contributed by atoms with E-state index in [9.17, 15) is 45.6 Å². The average molecular weight is 1230 g/mol. The van der Waals surface area contributed by atoms with Gasteiger partial charge < -0.3 is 65.1 Å². The Morgan fingerprint density at radius 2 is 0.793 bits per heavy atom. The van der Waals surface area contributed by atoms with Gasteiger partial charge in [0.1, 0.15) is 48.8 Å². The van der Waals surface area contributed by atoms with E-state index in [0.29, 0.717) is 6.42 Å². The van der Waals surface area contributed by atoms with Gasteiger partial charge in [0, 0.05) is 6.42 Å². The molecule has 2 aliphatic heterocycles. The van der Waals surface area contributed by atoms with Gasteiger partial charge >= 0.3 is 0 Å². The molecule has 0 radical (unpaired) electrons. The number of carbonyl (C=O) groups excluding carboxylic acids is 1. The van der Waals surface area contributed by atoms with Crippen LogP contribution in [0, 0.1) is 0 Å². The van der Waals surface area contributed by atoms with Gasteiger partial charge in [-0.3, -0.25) is 4.79 Å². The van der Waals surface area contributed by atoms with Crippen LogP contribution >= 0.6 is 0 Å². The number of nitrogens with one attached hydrogen (secondary N) is 1. The van der Waals surface area contributed by atoms with Gasteiger partial charge in [-0.25, -0.2) is 0 Å². The van der Waals surface area contributed by atoms with Gasteiger partial charge in [0.15, 0.2) is 12.6 Å². The summed E-state index contributed by atoms with van der Waals surface area (Å²) in [6, 6.07) is -0.921. The van der Waals surface area contributed by atoms with E-state index < -0.39 is 86.8 Å². The first kappa shape index (κ1) is 80.3. The van der Waals surface area contributed by atoms with Crippen molar-refractivity contribution in [3.63, 3.8) is 0 Å². The second kappa shape index (κ2) is 57.1. The zero-order chi connectivity index (χ0) is 63.1. The molecule has 12 unspecified atom stereocenters. The van der Waals surface area contributed by atoms with Crippen LogP contribution in [0.15, 0.2) is 85.1 Å². The summed E-state index contributed by atoms with van der Waals surface area (Å²) in [7, 11) is 0. The maximum Gasteiger partial charge on any atom is 0.220 e. The van der Waals surface area contributed by atoms with Crippen LogP contribution in [-0.4, -0.2) is 140 Å². The molecule has 0 bridgehead atoms. The number of ether oxygens (including phenoxy) is 4. The van der Waals surface area contributed by atoms with Gasteiger partial charge in [-0.1, -0.05) is 285 Å². The zero-order valence-corrected chi connectivity index (χ0v) is 54.7. The second-order valence-corrected chi connectivity index (χ2v) is 24.6. The molecule has 2 fully saturated rings. The van der Waals surface area contributed by atoms with Crippen LogP contribution in [0.25, 0.3) is 0 Å². The van der Waals surface area contributed by atoms with Gasteiger partial charge in [0.05, 0.1) is 32.0 Å². The molecular weight excluding hydrogens is 1100 g/mol. The Labute approximate surface area is 529 Å². The molecule has 0 aromatic rings. The summed E-state index contributed by atoms with van der Waals surface area (Å²) in [6.45, 7) is 2.71. The lowest BCUT2D eigenvalue weighted by atomic mass is 9.97. The molecule has 2 rings (SSSR count). The number of aliphatic hydroxyl groups excluding tert-OH is 8. The first-order valence-corrected chi connectivity index (χ1v) is 35.3. The highest BCUT2D eigenvalue weighted by Gasteiger charge is 2.51. The summed E-state index contributed by atoms with van der Waals surface area (Å²) in [6.07, 6.45) is 62.0. The van der Waals surface area contributed by atoms with Gasteiger partial charge in [-0.05, 0) is 70.6 Å². The first-order valence-electron chi connectivity index (χ1n) is 35.3. The topological polar surface area (TPSA) is 228 Å². The van der Waals surface area contributed by atoms with E-state index in [1.54, 1.807) is 6.08 Å². The van der Waals surface area contributed by atoms with E-state index in [1.807, 2.05) is 6.08 Å². The van der Waals surface area contributed by atoms with Gasteiger partial charge in [-0.15, -0.1) is 0 Å². The minimum Gasteiger partial charge on any atom is -0.394 e. The molecular formula is C73H129NO13. The standard InChI is InChI=1S/C73H129NO13/c1-3-5-7-9-11-13-15-17-19-21-23-25-27-28-29-30-31-32-33-34-35-37-39-41-43-45-47-49-51-53-55-57-65(78)74-61(60-84-72-70(83)68(81)71(64(59-76)86-72)87-73-69(82)67(80)66(79)63(58-75)85-73)62(77)56-54-52-50-48-46-44-42-40-38-36-26-24-22-20-18-16-14-12-10-8-6-4-2/h5,7,11,13,17,19,23,25,28-29,31-32,54,56,61-64,66-73,75-77,79-83H,3-4,6,8-10,12,14-16,18,20-22,24,26-27,30,33-53,55,57-60H2,1-2H3,(H,74,78)/b7-5-,13-11-,19-17-,25-23-,29-28-,32-31-,56-54+. The summed E-state index contributed by atoms with van der Waals surface area (Å²) >= 11 is 0. The number of rotatable bonds is 57. The monoisotopic (exact) mass is 1230 g/mol. The van der Waals surface area contributed by atoms with Crippen LogP contribution in [0.2, 0.25) is 0 Å². The van der Waals surface area contributed by atoms with Crippen molar-refractivity contribution >= 4 is 5.91 Å². The Bertz CT molecular complexity index is 1780. The molecule has 0 spiro atoms. The third kappa shape index (κ3) is 41.3. The number of hydrogen-bond acceptors (Lipinski definition) is 13. The molecule has 14 nitrogen and oxygen atoms in total. The normalized spacial score (nSPS) is 23.8. The number of aliphatic hydroxyl groups is 8. The van der Waals surface area contributed by atoms with Crippen molar-refractivity contribution in [3.8, 4) is 0 Å². The predicted octanol–water partition coefficient (Wildman–Crippen LogP) is 14.4. The van der Waals surface area contributed by atoms with E-state index >= 15 is 0 Å². The Balaban J connectivity index is 1.68. The Morgan fingerprint density at radius 3 is 1.22 bits per heavy atom. The Hall–Kier alpha value is -2.83. The summed E-state index contributed by atoms with van der Waals surface area (Å²) in [5.74, 6) is -0.242. The lowest BCUT2D eigenvalue weighted by Gasteiger charge is -2.46. The van der Waals surface area contributed by atoms with Crippen molar-refractivity contribution in [1.29, 1.82) is 0 Å². The predicted molar refractivity (Wildman–Crippen MR) is 355 cm³/mol. The second-order valence-electron chi connectivity index (χ2n) is 24.6. The fourth-order valence-electron chi connectivity index (χ4n) is 11.2. The minimum atomic E-state index is -1.79. The Morgan fingerprint density at radius 1 is 0.425 bits per heavy atom. The van der Waals surface area contributed by atoms with Gasteiger partial charge in [-0.2, -0.15) is 0 Å². The van der Waals surface area contributed by atoms with E-state index in [2.05, 4.69) is 92.1 Å². The van der Waals surface area contributed by atoms with E-state index in [1.165, 1.54) is 167 Å². The smallest absolute Gasteiger partial charge is 0.220 e. The number of hydrogen-bond donors (Lipinski definition) is 9. The largest absolute Gasteiger partial charge is 0.394 e. The van der Waals surface area contributed by atoms with Crippen molar-refractivity contribution in [1.82, 2.24) is 5.32 Å². The molecule has 0 aliphatic carbocycles. The first-order chi connectivity index (χ1) is 42.6. The SMILES string of the molecule is CC/C=C\C/C=C\C/C=C\C/C=C\C/C=C\C/C=C\CCCCCCCCCCCCCCC(=O)NC(COC1OC(CO)C(OC2OC(CO)C(O)C(O)C2O)C(O)C1O)C(O)/C=C/CCCCCCCCCCCCCCCCCCCCCC. The van der Waals surface area contributed by atoms with Crippen LogP contribution in [0.3, 0.4) is 0 Å². The highest BCUT2D eigenvalue weighted by atomic mass is 16.7. The highest BCUT2D eigenvalue weighted by Crippen LogP contribution is 2.30. The van der Waals surface area contributed by atoms with E-state index in [-0.39, 0.29) is 18.9 Å². The van der Waals surface area contributed by atoms with Gasteiger partial charge in [0.2, 0.25) is 5.91 Å². The molecule has 2 heterocycles. The molecule has 0 aromatic heterocycles. The van der Waals surface area contributed by atoms with Crippen molar-refractivity contribution in [2.24, 2.45) is 0 Å². The lowest BCUT2D eigenvalue weighted by Crippen LogP contribution is -2.65. The van der Waals surface area contributed by atoms with E-state index in [4.69, 9.17) is 18.9 Å². The molecule has 0 aromatic carbocycles. The molecule has 12 atom stereocenters. The minimum absolute atomic E-state index is 0.242. The van der Waals surface area contributed by atoms with Crippen LogP contribution in [0.5, 0.6) is 0 Å². The fraction of sp³-hybridized carbons (Fsp3) is 0.795. The van der Waals surface area contributed by atoms with Crippen molar-refractivity contribution in [3.05, 3.63) is 85.1 Å². The number of allylic oxidation sites excluding steroid dienone is 13. The summed E-state index contributed by atoms with van der Waals surface area (Å²) in [5.41, 5.74) is 0. The number of unbranched alkanes of at least 4 members (excludes halogenated alkanes) is 32. The number of carbonyl (C=O) groups is 1. The maximum absolute atomic E-state index is 13.3. The van der Waals surface area contributed by atoms with E-state index in [0.717, 1.165) is 83.5 Å². The zero-order valence-electron chi connectivity index (χ0n) is 54.7. The molecule has 2 saturated heterocycles. The molecule has 87 heavy (non-hydrogen) atoms. The molecule has 0 saturated carbocycles. The third-order valence-electron chi connectivity index (χ3n) is 16.8. The average Bonchev–Trinajstić information content (AvgIpc) is 2.33. The molecule has 1 amide bonds. The summed E-state index contributed by atoms with van der Waals surface area (Å²) < 4.78 is 22.9. The Kier molecular flexibility index (Phi) is 52.7. The van der Waals surface area contributed by atoms with Crippen molar-refractivity contribution in [2.75, 3.05) is 19.8 Å². The lowest BCUT2D eigenvalue weighted by molar-refractivity contribution is -0.359. The molecule has 504 valence electrons.